The largest absolute Gasteiger partial charge is 0.376 e. The smallest absolute Gasteiger partial charge is 0.279 e. The zero-order valence-electron chi connectivity index (χ0n) is 16.5. The van der Waals surface area contributed by atoms with Crippen LogP contribution in [0.25, 0.3) is 22.4 Å². The van der Waals surface area contributed by atoms with E-state index in [0.717, 1.165) is 37.1 Å². The summed E-state index contributed by atoms with van der Waals surface area (Å²) < 4.78 is 11.1. The summed E-state index contributed by atoms with van der Waals surface area (Å²) in [7, 11) is 0. The third kappa shape index (κ3) is 2.63. The van der Waals surface area contributed by atoms with Crippen LogP contribution in [-0.2, 0) is 11.3 Å². The Hall–Kier alpha value is -2.71. The molecule has 0 bridgehead atoms. The topological polar surface area (TPSA) is 79.2 Å². The molecular weight excluding hydrogens is 404 g/mol. The Morgan fingerprint density at radius 1 is 1.30 bits per heavy atom. The van der Waals surface area contributed by atoms with Crippen molar-refractivity contribution in [2.75, 3.05) is 6.61 Å². The number of nitrogens with zero attached hydrogens (tertiary/aromatic N) is 6. The van der Waals surface area contributed by atoms with E-state index in [1.54, 1.807) is 21.8 Å². The average Bonchev–Trinajstić information content (AvgIpc) is 3.22. The number of aromatic nitrogens is 6. The number of rotatable bonds is 4. The number of hydrogen-bond acceptors (Lipinski definition) is 5. The highest BCUT2D eigenvalue weighted by molar-refractivity contribution is 6.35. The zero-order valence-corrected chi connectivity index (χ0v) is 17.3. The number of halogens is 1. The van der Waals surface area contributed by atoms with Crippen LogP contribution >= 0.6 is 11.6 Å². The van der Waals surface area contributed by atoms with Gasteiger partial charge < -0.3 is 9.30 Å². The molecule has 0 amide bonds. The molecule has 0 radical (unpaired) electrons. The van der Waals surface area contributed by atoms with Gasteiger partial charge in [-0.1, -0.05) is 29.8 Å². The highest BCUT2D eigenvalue weighted by Crippen LogP contribution is 2.47. The number of benzene rings is 1. The summed E-state index contributed by atoms with van der Waals surface area (Å²) in [5, 5.41) is 8.91. The Labute approximate surface area is 177 Å². The highest BCUT2D eigenvalue weighted by Gasteiger charge is 2.38. The zero-order chi connectivity index (χ0) is 20.4. The van der Waals surface area contributed by atoms with Crippen LogP contribution in [0.15, 0.2) is 35.5 Å². The van der Waals surface area contributed by atoms with Gasteiger partial charge in [-0.25, -0.2) is 4.98 Å². The van der Waals surface area contributed by atoms with Gasteiger partial charge >= 0.3 is 0 Å². The molecule has 1 aliphatic carbocycles. The first kappa shape index (κ1) is 18.1. The maximum atomic E-state index is 13.7. The summed E-state index contributed by atoms with van der Waals surface area (Å²) in [4.78, 5) is 18.3. The molecule has 3 unspecified atom stereocenters. The summed E-state index contributed by atoms with van der Waals surface area (Å²) in [6, 6.07) is 5.65. The van der Waals surface area contributed by atoms with Gasteiger partial charge in [0.05, 0.1) is 40.6 Å². The first-order valence-electron chi connectivity index (χ1n) is 10.3. The Morgan fingerprint density at radius 2 is 2.17 bits per heavy atom. The Bertz CT molecular complexity index is 1330. The van der Waals surface area contributed by atoms with Gasteiger partial charge in [-0.2, -0.15) is 4.68 Å². The maximum absolute atomic E-state index is 13.7. The second-order valence-corrected chi connectivity index (χ2v) is 8.74. The third-order valence-corrected chi connectivity index (χ3v) is 6.67. The molecule has 1 saturated heterocycles. The van der Waals surface area contributed by atoms with Crippen LogP contribution in [0.5, 0.6) is 0 Å². The van der Waals surface area contributed by atoms with Crippen molar-refractivity contribution in [1.82, 2.24) is 28.9 Å². The van der Waals surface area contributed by atoms with E-state index in [0.29, 0.717) is 40.3 Å². The molecule has 2 fully saturated rings. The second kappa shape index (κ2) is 6.65. The minimum atomic E-state index is -0.149. The number of ether oxygens (including phenoxy) is 1. The Balaban J connectivity index is 1.63. The minimum Gasteiger partial charge on any atom is -0.376 e. The Kier molecular flexibility index (Phi) is 4.01. The fourth-order valence-corrected chi connectivity index (χ4v) is 4.90. The predicted octanol–water partition coefficient (Wildman–Crippen LogP) is 3.19. The van der Waals surface area contributed by atoms with E-state index in [9.17, 15) is 4.79 Å². The van der Waals surface area contributed by atoms with Crippen molar-refractivity contribution >= 4 is 28.2 Å². The predicted molar refractivity (Wildman–Crippen MR) is 112 cm³/mol. The fourth-order valence-electron chi connectivity index (χ4n) is 4.63. The van der Waals surface area contributed by atoms with Crippen molar-refractivity contribution in [3.05, 3.63) is 51.8 Å². The van der Waals surface area contributed by atoms with Gasteiger partial charge in [0, 0.05) is 12.5 Å². The van der Waals surface area contributed by atoms with Crippen LogP contribution in [0.2, 0.25) is 5.02 Å². The molecule has 4 aromatic rings. The van der Waals surface area contributed by atoms with E-state index in [2.05, 4.69) is 22.2 Å². The molecule has 30 heavy (non-hydrogen) atoms. The molecule has 6 rings (SSSR count). The molecule has 9 heteroatoms. The summed E-state index contributed by atoms with van der Waals surface area (Å²) in [6.07, 6.45) is 6.49. The molecule has 154 valence electrons. The lowest BCUT2D eigenvalue weighted by molar-refractivity contribution is 0.0973. The SMILES string of the molecule is CC1CC1c1cnnn1-c1ncn2c1c(=O)n(CC1CCCO1)c1c(Cl)cccc12. The van der Waals surface area contributed by atoms with Gasteiger partial charge in [0.25, 0.3) is 5.56 Å². The fraction of sp³-hybridized carbons (Fsp3) is 0.429. The first-order valence-corrected chi connectivity index (χ1v) is 10.7. The normalized spacial score (nSPS) is 23.6. The number of imidazole rings is 1. The summed E-state index contributed by atoms with van der Waals surface area (Å²) in [5.74, 6) is 1.50. The molecule has 2 aliphatic rings. The van der Waals surface area contributed by atoms with Gasteiger partial charge in [-0.3, -0.25) is 9.20 Å². The van der Waals surface area contributed by atoms with Crippen LogP contribution < -0.4 is 5.56 Å². The van der Waals surface area contributed by atoms with E-state index in [4.69, 9.17) is 16.3 Å². The van der Waals surface area contributed by atoms with E-state index in [-0.39, 0.29) is 11.7 Å². The monoisotopic (exact) mass is 424 g/mol. The van der Waals surface area contributed by atoms with Gasteiger partial charge in [0.2, 0.25) is 0 Å². The molecule has 0 spiro atoms. The van der Waals surface area contributed by atoms with Crippen LogP contribution in [0.1, 0.15) is 37.8 Å². The molecule has 4 heterocycles. The quantitative estimate of drug-likeness (QED) is 0.502. The molecule has 8 nitrogen and oxygen atoms in total. The molecule has 1 saturated carbocycles. The van der Waals surface area contributed by atoms with Crippen molar-refractivity contribution in [1.29, 1.82) is 0 Å². The molecule has 1 aromatic carbocycles. The van der Waals surface area contributed by atoms with Crippen molar-refractivity contribution in [2.45, 2.75) is 44.8 Å². The standard InChI is InChI=1S/C21H21ClN6O2/c1-12-8-14(12)17-9-24-25-28(17)20-19-21(29)26(10-13-4-3-7-30-13)18-15(22)5-2-6-16(18)27(19)11-23-20/h2,5-6,9,11-14H,3-4,7-8,10H2,1H3. The third-order valence-electron chi connectivity index (χ3n) is 6.37. The van der Waals surface area contributed by atoms with Crippen molar-refractivity contribution in [3.63, 3.8) is 0 Å². The van der Waals surface area contributed by atoms with Gasteiger partial charge in [-0.15, -0.1) is 5.10 Å². The number of fused-ring (bicyclic) bond motifs is 3. The summed E-state index contributed by atoms with van der Waals surface area (Å²) >= 11 is 6.56. The summed E-state index contributed by atoms with van der Waals surface area (Å²) in [6.45, 7) is 3.40. The first-order chi connectivity index (χ1) is 14.6. The van der Waals surface area contributed by atoms with Gasteiger partial charge in [-0.05, 0) is 37.3 Å². The van der Waals surface area contributed by atoms with Crippen LogP contribution in [0.3, 0.4) is 0 Å². The average molecular weight is 425 g/mol. The number of para-hydroxylation sites is 1. The van der Waals surface area contributed by atoms with E-state index < -0.39 is 0 Å². The van der Waals surface area contributed by atoms with E-state index in [1.807, 2.05) is 22.6 Å². The van der Waals surface area contributed by atoms with Crippen LogP contribution in [0.4, 0.5) is 0 Å². The van der Waals surface area contributed by atoms with Gasteiger partial charge in [0.1, 0.15) is 6.33 Å². The highest BCUT2D eigenvalue weighted by atomic mass is 35.5. The van der Waals surface area contributed by atoms with Crippen molar-refractivity contribution < 1.29 is 4.74 Å². The van der Waals surface area contributed by atoms with Crippen LogP contribution in [0, 0.1) is 5.92 Å². The van der Waals surface area contributed by atoms with Crippen molar-refractivity contribution in [3.8, 4) is 5.82 Å². The second-order valence-electron chi connectivity index (χ2n) is 8.34. The van der Waals surface area contributed by atoms with E-state index >= 15 is 0 Å². The lowest BCUT2D eigenvalue weighted by Crippen LogP contribution is -2.29. The van der Waals surface area contributed by atoms with Crippen molar-refractivity contribution in [2.24, 2.45) is 5.92 Å². The molecule has 3 atom stereocenters. The Morgan fingerprint density at radius 3 is 2.93 bits per heavy atom. The number of hydrogen-bond donors (Lipinski definition) is 0. The van der Waals surface area contributed by atoms with Crippen LogP contribution in [-0.4, -0.2) is 41.7 Å². The molecule has 3 aromatic heterocycles. The lowest BCUT2D eigenvalue weighted by atomic mass is 10.2. The van der Waals surface area contributed by atoms with Gasteiger partial charge in [0.15, 0.2) is 11.3 Å². The van der Waals surface area contributed by atoms with E-state index in [1.165, 1.54) is 0 Å². The molecule has 1 aliphatic heterocycles. The summed E-state index contributed by atoms with van der Waals surface area (Å²) in [5.41, 5.74) is 2.85. The maximum Gasteiger partial charge on any atom is 0.279 e. The lowest BCUT2D eigenvalue weighted by Gasteiger charge is -2.17. The minimum absolute atomic E-state index is 0.00485. The molecule has 0 N–H and O–H groups in total. The molecular formula is C21H21ClN6O2.